The van der Waals surface area contributed by atoms with E-state index in [0.717, 1.165) is 0 Å². The quantitative estimate of drug-likeness (QED) is 0.651. The smallest absolute Gasteiger partial charge is 0.254 e. The number of hydrogen-bond donors (Lipinski definition) is 3. The molecule has 0 aromatic rings. The minimum Gasteiger partial charge on any atom is -0.412 e. The molecule has 0 aromatic carbocycles. The summed E-state index contributed by atoms with van der Waals surface area (Å²) in [6.07, 6.45) is -3.20. The first-order chi connectivity index (χ1) is 10.2. The van der Waals surface area contributed by atoms with Crippen LogP contribution < -0.4 is 5.32 Å². The molecule has 0 spiro atoms. The summed E-state index contributed by atoms with van der Waals surface area (Å²) < 4.78 is 17.1. The predicted octanol–water partition coefficient (Wildman–Crippen LogP) is 0.708. The normalized spacial score (nSPS) is 37.4. The Morgan fingerprint density at radius 3 is 2.39 bits per heavy atom. The van der Waals surface area contributed by atoms with Crippen molar-refractivity contribution in [1.29, 1.82) is 0 Å². The summed E-state index contributed by atoms with van der Waals surface area (Å²) in [5.41, 5.74) is -1.89. The molecule has 0 bridgehead atoms. The third-order valence-corrected chi connectivity index (χ3v) is 9.47. The number of rotatable bonds is 3. The van der Waals surface area contributed by atoms with Crippen molar-refractivity contribution in [1.82, 2.24) is 5.32 Å². The average Bonchev–Trinajstić information content (AvgIpc) is 2.69. The molecular weight excluding hydrogens is 318 g/mol. The highest BCUT2D eigenvalue weighted by molar-refractivity contribution is 6.74. The van der Waals surface area contributed by atoms with Crippen LogP contribution in [0, 0.1) is 0 Å². The van der Waals surface area contributed by atoms with Gasteiger partial charge in [0.05, 0.1) is 6.61 Å². The van der Waals surface area contributed by atoms with E-state index >= 15 is 0 Å². The monoisotopic (exact) mass is 347 g/mol. The number of hydrogen-bond acceptors (Lipinski definition) is 6. The lowest BCUT2D eigenvalue weighted by Gasteiger charge is -2.44. The molecule has 23 heavy (non-hydrogen) atoms. The number of carbonyl (C=O) groups is 1. The maximum Gasteiger partial charge on any atom is 0.254 e. The summed E-state index contributed by atoms with van der Waals surface area (Å²) in [5, 5.41) is 23.6. The van der Waals surface area contributed by atoms with Crippen LogP contribution in [0.4, 0.5) is 0 Å². The Hall–Kier alpha value is -0.513. The van der Waals surface area contributed by atoms with Gasteiger partial charge in [0.25, 0.3) is 5.91 Å². The molecule has 134 valence electrons. The molecule has 2 aliphatic rings. The van der Waals surface area contributed by atoms with Crippen LogP contribution in [0.25, 0.3) is 0 Å². The molecule has 2 fully saturated rings. The summed E-state index contributed by atoms with van der Waals surface area (Å²) in [5.74, 6) is -1.49. The maximum atomic E-state index is 12.2. The summed E-state index contributed by atoms with van der Waals surface area (Å²) in [6.45, 7) is 13.4. The van der Waals surface area contributed by atoms with Gasteiger partial charge in [-0.05, 0) is 32.0 Å². The number of fused-ring (bicyclic) bond motifs is 1. The topological polar surface area (TPSA) is 97.3 Å². The van der Waals surface area contributed by atoms with Gasteiger partial charge >= 0.3 is 0 Å². The number of nitrogens with one attached hydrogen (secondary N) is 1. The highest BCUT2D eigenvalue weighted by Gasteiger charge is 2.59. The van der Waals surface area contributed by atoms with E-state index in [1.54, 1.807) is 13.8 Å². The maximum absolute atomic E-state index is 12.2. The largest absolute Gasteiger partial charge is 0.412 e. The first-order valence-corrected chi connectivity index (χ1v) is 10.8. The van der Waals surface area contributed by atoms with Gasteiger partial charge in [-0.15, -0.1) is 0 Å². The van der Waals surface area contributed by atoms with Gasteiger partial charge in [0.15, 0.2) is 25.9 Å². The summed E-state index contributed by atoms with van der Waals surface area (Å²) in [6, 6.07) is 0. The number of aliphatic hydroxyl groups is 2. The SMILES string of the molecule is CC1(C)O[C@@H]2[C@H](O1)C(=O)N[C@@](O)(CO[Si](C)(C)C(C)(C)C)[C@H]2O. The van der Waals surface area contributed by atoms with Crippen LogP contribution in [0.3, 0.4) is 0 Å². The Labute approximate surface area is 138 Å². The van der Waals surface area contributed by atoms with E-state index in [4.69, 9.17) is 13.9 Å². The molecule has 2 heterocycles. The van der Waals surface area contributed by atoms with E-state index in [-0.39, 0.29) is 11.6 Å². The third kappa shape index (κ3) is 3.47. The van der Waals surface area contributed by atoms with Crippen LogP contribution in [0.2, 0.25) is 18.1 Å². The van der Waals surface area contributed by atoms with Gasteiger partial charge in [0.1, 0.15) is 12.2 Å². The van der Waals surface area contributed by atoms with Crippen molar-refractivity contribution < 1.29 is 28.9 Å². The molecular formula is C15H29NO6Si. The highest BCUT2D eigenvalue weighted by Crippen LogP contribution is 2.39. The number of amides is 1. The van der Waals surface area contributed by atoms with Crippen LogP contribution in [0.15, 0.2) is 0 Å². The zero-order valence-corrected chi connectivity index (χ0v) is 16.0. The second-order valence-electron chi connectivity index (χ2n) is 8.43. The first kappa shape index (κ1) is 18.8. The third-order valence-electron chi connectivity index (χ3n) is 4.99. The van der Waals surface area contributed by atoms with E-state index in [9.17, 15) is 15.0 Å². The van der Waals surface area contributed by atoms with Crippen molar-refractivity contribution in [2.45, 2.75) is 82.6 Å². The summed E-state index contributed by atoms with van der Waals surface area (Å²) in [4.78, 5) is 12.2. The predicted molar refractivity (Wildman–Crippen MR) is 86.1 cm³/mol. The number of piperidine rings is 1. The molecule has 2 aliphatic heterocycles. The second kappa shape index (κ2) is 5.50. The van der Waals surface area contributed by atoms with Gasteiger partial charge in [-0.2, -0.15) is 0 Å². The van der Waals surface area contributed by atoms with Crippen molar-refractivity contribution in [3.8, 4) is 0 Å². The molecule has 0 radical (unpaired) electrons. The lowest BCUT2D eigenvalue weighted by atomic mass is 9.93. The summed E-state index contributed by atoms with van der Waals surface area (Å²) >= 11 is 0. The molecule has 4 atom stereocenters. The molecule has 0 aromatic heterocycles. The van der Waals surface area contributed by atoms with Crippen LogP contribution >= 0.6 is 0 Å². The van der Waals surface area contributed by atoms with E-state index in [1.807, 2.05) is 13.1 Å². The Morgan fingerprint density at radius 2 is 1.87 bits per heavy atom. The number of ether oxygens (including phenoxy) is 2. The Balaban J connectivity index is 2.15. The van der Waals surface area contributed by atoms with Gasteiger partial charge < -0.3 is 29.4 Å². The molecule has 0 aliphatic carbocycles. The van der Waals surface area contributed by atoms with Gasteiger partial charge in [-0.25, -0.2) is 0 Å². The fourth-order valence-corrected chi connectivity index (χ4v) is 3.50. The average molecular weight is 347 g/mol. The summed E-state index contributed by atoms with van der Waals surface area (Å²) in [7, 11) is -2.14. The molecule has 7 nitrogen and oxygen atoms in total. The Kier molecular flexibility index (Phi) is 4.50. The van der Waals surface area contributed by atoms with E-state index in [0.29, 0.717) is 0 Å². The number of carbonyl (C=O) groups excluding carboxylic acids is 1. The first-order valence-electron chi connectivity index (χ1n) is 7.91. The minimum absolute atomic E-state index is 0.0511. The Bertz CT molecular complexity index is 489. The molecule has 1 amide bonds. The van der Waals surface area contributed by atoms with E-state index in [2.05, 4.69) is 26.1 Å². The van der Waals surface area contributed by atoms with Crippen molar-refractivity contribution in [2.24, 2.45) is 0 Å². The van der Waals surface area contributed by atoms with Crippen LogP contribution in [-0.2, 0) is 18.7 Å². The standard InChI is InChI=1S/C15H29NO6Si/c1-13(2,3)23(6,7)20-8-15(19)11(17)9-10(12(18)16-15)22-14(4,5)21-9/h9-11,17,19H,8H2,1-7H3,(H,16,18)/t9-,10+,11+,15-/m1/s1. The van der Waals surface area contributed by atoms with Crippen molar-refractivity contribution in [3.63, 3.8) is 0 Å². The van der Waals surface area contributed by atoms with Crippen LogP contribution in [-0.4, -0.2) is 60.9 Å². The van der Waals surface area contributed by atoms with Gasteiger partial charge in [0, 0.05) is 0 Å². The highest BCUT2D eigenvalue weighted by atomic mass is 28.4. The van der Waals surface area contributed by atoms with Gasteiger partial charge in [0.2, 0.25) is 0 Å². The lowest BCUT2D eigenvalue weighted by molar-refractivity contribution is -0.198. The van der Waals surface area contributed by atoms with Crippen molar-refractivity contribution in [2.75, 3.05) is 6.61 Å². The minimum atomic E-state index is -2.14. The second-order valence-corrected chi connectivity index (χ2v) is 13.2. The van der Waals surface area contributed by atoms with E-state index < -0.39 is 44.0 Å². The zero-order chi connectivity index (χ0) is 17.8. The van der Waals surface area contributed by atoms with Gasteiger partial charge in [-0.1, -0.05) is 20.8 Å². The molecule has 0 saturated carbocycles. The molecule has 2 rings (SSSR count). The van der Waals surface area contributed by atoms with Gasteiger partial charge in [-0.3, -0.25) is 4.79 Å². The fourth-order valence-electron chi connectivity index (χ4n) is 2.48. The fraction of sp³-hybridized carbons (Fsp3) is 0.933. The number of aliphatic hydroxyl groups excluding tert-OH is 1. The zero-order valence-electron chi connectivity index (χ0n) is 15.0. The van der Waals surface area contributed by atoms with Crippen molar-refractivity contribution >= 4 is 14.2 Å². The molecule has 0 unspecified atom stereocenters. The van der Waals surface area contributed by atoms with Crippen LogP contribution in [0.1, 0.15) is 34.6 Å². The van der Waals surface area contributed by atoms with E-state index in [1.165, 1.54) is 0 Å². The van der Waals surface area contributed by atoms with Crippen molar-refractivity contribution in [3.05, 3.63) is 0 Å². The molecule has 3 N–H and O–H groups in total. The lowest BCUT2D eigenvalue weighted by Crippen LogP contribution is -2.72. The Morgan fingerprint density at radius 1 is 1.30 bits per heavy atom. The molecule has 2 saturated heterocycles. The van der Waals surface area contributed by atoms with Crippen LogP contribution in [0.5, 0.6) is 0 Å². The molecule has 8 heteroatoms.